The average Bonchev–Trinajstić information content (AvgIpc) is 3.37. The lowest BCUT2D eigenvalue weighted by Gasteiger charge is -2.23. The van der Waals surface area contributed by atoms with Crippen molar-refractivity contribution in [2.24, 2.45) is 0 Å². The lowest BCUT2D eigenvalue weighted by atomic mass is 9.96. The van der Waals surface area contributed by atoms with Crippen LogP contribution < -0.4 is 4.90 Å². The first-order valence-corrected chi connectivity index (χ1v) is 9.47. The molecule has 26 heavy (non-hydrogen) atoms. The van der Waals surface area contributed by atoms with E-state index in [4.69, 9.17) is 0 Å². The van der Waals surface area contributed by atoms with Gasteiger partial charge in [0, 0.05) is 0 Å². The number of aryl methyl sites for hydroxylation is 1. The summed E-state index contributed by atoms with van der Waals surface area (Å²) in [7, 11) is 0. The highest BCUT2D eigenvalue weighted by Crippen LogP contribution is 2.42. The van der Waals surface area contributed by atoms with Gasteiger partial charge in [-0.15, -0.1) is 21.5 Å². The number of carbonyl (C=O) groups is 2. The van der Waals surface area contributed by atoms with Crippen LogP contribution in [0, 0.1) is 6.92 Å². The first-order valence-electron chi connectivity index (χ1n) is 7.78. The SMILES string of the molecule is Cc1nnc(N2C(=O)C(O)=C(C(=O)c3cccs3)[C@@H]2c2ccccc2)s1. The van der Waals surface area contributed by atoms with Crippen LogP contribution in [0.5, 0.6) is 0 Å². The number of carbonyl (C=O) groups excluding carboxylic acids is 2. The van der Waals surface area contributed by atoms with Crippen molar-refractivity contribution in [2.75, 3.05) is 4.90 Å². The minimum atomic E-state index is -0.745. The summed E-state index contributed by atoms with van der Waals surface area (Å²) in [5.41, 5.74) is 0.786. The number of nitrogens with zero attached hydrogens (tertiary/aromatic N) is 3. The molecule has 4 rings (SSSR count). The van der Waals surface area contributed by atoms with Crippen LogP contribution in [0.3, 0.4) is 0 Å². The molecule has 0 spiro atoms. The predicted octanol–water partition coefficient (Wildman–Crippen LogP) is 3.69. The van der Waals surface area contributed by atoms with Gasteiger partial charge in [-0.2, -0.15) is 0 Å². The van der Waals surface area contributed by atoms with Crippen molar-refractivity contribution in [3.8, 4) is 0 Å². The lowest BCUT2D eigenvalue weighted by molar-refractivity contribution is -0.117. The second-order valence-electron chi connectivity index (χ2n) is 5.66. The van der Waals surface area contributed by atoms with Gasteiger partial charge in [-0.1, -0.05) is 47.7 Å². The molecule has 1 N–H and O–H groups in total. The first kappa shape index (κ1) is 16.6. The van der Waals surface area contributed by atoms with Crippen molar-refractivity contribution in [1.29, 1.82) is 0 Å². The molecule has 0 radical (unpaired) electrons. The van der Waals surface area contributed by atoms with E-state index < -0.39 is 17.7 Å². The number of aromatic nitrogens is 2. The number of hydrogen-bond donors (Lipinski definition) is 1. The quantitative estimate of drug-likeness (QED) is 0.695. The van der Waals surface area contributed by atoms with Gasteiger partial charge in [0.25, 0.3) is 5.91 Å². The number of ketones is 1. The maximum Gasteiger partial charge on any atom is 0.296 e. The molecule has 0 saturated carbocycles. The Hall–Kier alpha value is -2.84. The lowest BCUT2D eigenvalue weighted by Crippen LogP contribution is -2.30. The van der Waals surface area contributed by atoms with Gasteiger partial charge >= 0.3 is 0 Å². The van der Waals surface area contributed by atoms with E-state index in [2.05, 4.69) is 10.2 Å². The number of aliphatic hydroxyl groups excluding tert-OH is 1. The Kier molecular flexibility index (Phi) is 4.14. The molecule has 1 atom stereocenters. The highest BCUT2D eigenvalue weighted by molar-refractivity contribution is 7.15. The minimum Gasteiger partial charge on any atom is -0.503 e. The van der Waals surface area contributed by atoms with Crippen LogP contribution in [0.2, 0.25) is 0 Å². The van der Waals surface area contributed by atoms with Gasteiger partial charge in [0.05, 0.1) is 16.5 Å². The summed E-state index contributed by atoms with van der Waals surface area (Å²) in [4.78, 5) is 27.6. The summed E-state index contributed by atoms with van der Waals surface area (Å²) < 4.78 is 0. The van der Waals surface area contributed by atoms with Gasteiger partial charge in [-0.05, 0) is 23.9 Å². The third kappa shape index (κ3) is 2.63. The molecule has 130 valence electrons. The van der Waals surface area contributed by atoms with E-state index in [1.807, 2.05) is 30.3 Å². The largest absolute Gasteiger partial charge is 0.503 e. The molecule has 8 heteroatoms. The molecule has 0 unspecified atom stereocenters. The van der Waals surface area contributed by atoms with Gasteiger partial charge < -0.3 is 5.11 Å². The van der Waals surface area contributed by atoms with Crippen molar-refractivity contribution in [2.45, 2.75) is 13.0 Å². The van der Waals surface area contributed by atoms with Gasteiger partial charge in [0.1, 0.15) is 5.01 Å². The van der Waals surface area contributed by atoms with E-state index in [0.29, 0.717) is 15.0 Å². The van der Waals surface area contributed by atoms with Gasteiger partial charge in [-0.25, -0.2) is 0 Å². The normalized spacial score (nSPS) is 17.2. The van der Waals surface area contributed by atoms with E-state index in [9.17, 15) is 14.7 Å². The number of amides is 1. The fraction of sp³-hybridized carbons (Fsp3) is 0.111. The average molecular weight is 383 g/mol. The summed E-state index contributed by atoms with van der Waals surface area (Å²) in [5.74, 6) is -1.54. The van der Waals surface area contributed by atoms with Gasteiger partial charge in [0.15, 0.2) is 5.76 Å². The van der Waals surface area contributed by atoms with Crippen LogP contribution in [0.4, 0.5) is 5.13 Å². The molecular formula is C18H13N3O3S2. The van der Waals surface area contributed by atoms with Crippen LogP contribution in [-0.2, 0) is 4.79 Å². The highest BCUT2D eigenvalue weighted by Gasteiger charge is 2.46. The predicted molar refractivity (Wildman–Crippen MR) is 99.6 cm³/mol. The highest BCUT2D eigenvalue weighted by atomic mass is 32.1. The van der Waals surface area contributed by atoms with E-state index in [0.717, 1.165) is 5.56 Å². The Balaban J connectivity index is 1.88. The molecule has 1 aromatic carbocycles. The number of rotatable bonds is 4. The van der Waals surface area contributed by atoms with E-state index in [-0.39, 0.29) is 11.4 Å². The molecule has 1 aliphatic rings. The summed E-state index contributed by atoms with van der Waals surface area (Å²) in [6.45, 7) is 1.78. The second kappa shape index (κ2) is 6.47. The van der Waals surface area contributed by atoms with Crippen LogP contribution in [0.15, 0.2) is 59.2 Å². The molecule has 6 nitrogen and oxygen atoms in total. The van der Waals surface area contributed by atoms with Crippen LogP contribution in [0.1, 0.15) is 26.3 Å². The van der Waals surface area contributed by atoms with Crippen LogP contribution in [-0.4, -0.2) is 27.0 Å². The topological polar surface area (TPSA) is 83.4 Å². The zero-order chi connectivity index (χ0) is 18.3. The Bertz CT molecular complexity index is 1010. The number of thiophene rings is 1. The zero-order valence-corrected chi connectivity index (χ0v) is 15.3. The Morgan fingerprint density at radius 1 is 1.15 bits per heavy atom. The number of aliphatic hydroxyl groups is 1. The number of benzene rings is 1. The molecule has 0 saturated heterocycles. The summed E-state index contributed by atoms with van der Waals surface area (Å²) in [6.07, 6.45) is 0. The van der Waals surface area contributed by atoms with Crippen molar-refractivity contribution in [1.82, 2.24) is 10.2 Å². The van der Waals surface area contributed by atoms with Crippen molar-refractivity contribution < 1.29 is 14.7 Å². The minimum absolute atomic E-state index is 0.0662. The molecule has 1 aliphatic heterocycles. The molecule has 2 aromatic heterocycles. The Morgan fingerprint density at radius 3 is 2.54 bits per heavy atom. The number of Topliss-reactive ketones (excluding diaryl/α,β-unsaturated/α-hetero) is 1. The molecule has 0 fully saturated rings. The Labute approximate surface area is 157 Å². The zero-order valence-electron chi connectivity index (χ0n) is 13.6. The summed E-state index contributed by atoms with van der Waals surface area (Å²) in [5, 5.41) is 21.4. The van der Waals surface area contributed by atoms with Gasteiger partial charge in [0.2, 0.25) is 10.9 Å². The third-order valence-electron chi connectivity index (χ3n) is 4.03. The van der Waals surface area contributed by atoms with Crippen molar-refractivity contribution in [3.05, 3.63) is 74.6 Å². The fourth-order valence-corrected chi connectivity index (χ4v) is 4.30. The van der Waals surface area contributed by atoms with Gasteiger partial charge in [-0.3, -0.25) is 14.5 Å². The van der Waals surface area contributed by atoms with Crippen molar-refractivity contribution >= 4 is 39.5 Å². The number of hydrogen-bond acceptors (Lipinski definition) is 7. The second-order valence-corrected chi connectivity index (χ2v) is 7.77. The first-order chi connectivity index (χ1) is 12.6. The smallest absolute Gasteiger partial charge is 0.296 e. The van der Waals surface area contributed by atoms with E-state index in [1.54, 1.807) is 24.4 Å². The molecule has 0 aliphatic carbocycles. The third-order valence-corrected chi connectivity index (χ3v) is 5.74. The van der Waals surface area contributed by atoms with Crippen LogP contribution in [0.25, 0.3) is 0 Å². The monoisotopic (exact) mass is 383 g/mol. The fourth-order valence-electron chi connectivity index (χ4n) is 2.91. The van der Waals surface area contributed by atoms with Crippen LogP contribution >= 0.6 is 22.7 Å². The molecule has 1 amide bonds. The Morgan fingerprint density at radius 2 is 1.92 bits per heavy atom. The molecular weight excluding hydrogens is 370 g/mol. The van der Waals surface area contributed by atoms with E-state index in [1.165, 1.54) is 27.6 Å². The van der Waals surface area contributed by atoms with Crippen molar-refractivity contribution in [3.63, 3.8) is 0 Å². The molecule has 3 heterocycles. The number of anilines is 1. The van der Waals surface area contributed by atoms with E-state index >= 15 is 0 Å². The maximum atomic E-state index is 13.0. The molecule has 3 aromatic rings. The summed E-state index contributed by atoms with van der Waals surface area (Å²) in [6, 6.07) is 11.8. The maximum absolute atomic E-state index is 13.0. The summed E-state index contributed by atoms with van der Waals surface area (Å²) >= 11 is 2.51. The standard InChI is InChI=1S/C18H13N3O3S2/c1-10-19-20-18(26-10)21-14(11-6-3-2-4-7-11)13(16(23)17(21)24)15(22)12-8-5-9-25-12/h2-9,14,23H,1H3/t14-/m0/s1. The molecule has 0 bridgehead atoms.